The number of aliphatic hydroxyl groups is 1. The molecule has 2 aliphatic rings. The van der Waals surface area contributed by atoms with Crippen LogP contribution in [0.4, 0.5) is 0 Å². The van der Waals surface area contributed by atoms with Crippen LogP contribution in [0.3, 0.4) is 0 Å². The molecule has 18 heavy (non-hydrogen) atoms. The maximum Gasteiger partial charge on any atom is 0.0900 e. The summed E-state index contributed by atoms with van der Waals surface area (Å²) in [5.41, 5.74) is 0. The van der Waals surface area contributed by atoms with Crippen molar-refractivity contribution in [1.82, 2.24) is 4.90 Å². The fourth-order valence-electron chi connectivity index (χ4n) is 3.58. The van der Waals surface area contributed by atoms with Gasteiger partial charge in [-0.05, 0) is 52.0 Å². The van der Waals surface area contributed by atoms with E-state index in [9.17, 15) is 5.11 Å². The Morgan fingerprint density at radius 1 is 1.17 bits per heavy atom. The highest BCUT2D eigenvalue weighted by atomic mass is 16.5. The largest absolute Gasteiger partial charge is 0.389 e. The van der Waals surface area contributed by atoms with Gasteiger partial charge in [0.05, 0.1) is 18.8 Å². The molecule has 1 saturated carbocycles. The molecule has 106 valence electrons. The van der Waals surface area contributed by atoms with Crippen LogP contribution in [0.15, 0.2) is 0 Å². The van der Waals surface area contributed by atoms with Crippen LogP contribution in [0.2, 0.25) is 0 Å². The van der Waals surface area contributed by atoms with Gasteiger partial charge >= 0.3 is 0 Å². The number of nitrogens with zero attached hydrogens (tertiary/aromatic N) is 1. The highest BCUT2D eigenvalue weighted by molar-refractivity contribution is 4.88. The minimum atomic E-state index is -0.325. The van der Waals surface area contributed by atoms with Crippen molar-refractivity contribution in [3.63, 3.8) is 0 Å². The molecule has 0 aromatic carbocycles. The molecule has 1 heterocycles. The normalized spacial score (nSPS) is 28.3. The number of aliphatic hydroxyl groups excluding tert-OH is 1. The smallest absolute Gasteiger partial charge is 0.0900 e. The van der Waals surface area contributed by atoms with Gasteiger partial charge in [-0.3, -0.25) is 4.90 Å². The predicted molar refractivity (Wildman–Crippen MR) is 73.6 cm³/mol. The van der Waals surface area contributed by atoms with E-state index in [1.807, 2.05) is 13.8 Å². The van der Waals surface area contributed by atoms with Crippen LogP contribution >= 0.6 is 0 Å². The average molecular weight is 255 g/mol. The molecule has 1 aliphatic carbocycles. The quantitative estimate of drug-likeness (QED) is 0.791. The molecule has 3 nitrogen and oxygen atoms in total. The summed E-state index contributed by atoms with van der Waals surface area (Å²) in [6, 6.07) is 0.737. The topological polar surface area (TPSA) is 32.7 Å². The molecular weight excluding hydrogens is 226 g/mol. The van der Waals surface area contributed by atoms with E-state index in [0.29, 0.717) is 6.61 Å². The van der Waals surface area contributed by atoms with Gasteiger partial charge in [0.15, 0.2) is 0 Å². The van der Waals surface area contributed by atoms with E-state index in [2.05, 4.69) is 4.90 Å². The van der Waals surface area contributed by atoms with Crippen LogP contribution in [0.1, 0.15) is 52.4 Å². The van der Waals surface area contributed by atoms with Crippen molar-refractivity contribution in [1.29, 1.82) is 0 Å². The Morgan fingerprint density at radius 2 is 1.89 bits per heavy atom. The average Bonchev–Trinajstić information content (AvgIpc) is 2.95. The molecular formula is C15H29NO2. The van der Waals surface area contributed by atoms with Crippen LogP contribution in [0.25, 0.3) is 0 Å². The monoisotopic (exact) mass is 255 g/mol. The van der Waals surface area contributed by atoms with Gasteiger partial charge in [0.2, 0.25) is 0 Å². The summed E-state index contributed by atoms with van der Waals surface area (Å²) >= 11 is 0. The van der Waals surface area contributed by atoms with Gasteiger partial charge in [-0.15, -0.1) is 0 Å². The van der Waals surface area contributed by atoms with Crippen molar-refractivity contribution in [2.45, 2.75) is 70.6 Å². The lowest BCUT2D eigenvalue weighted by Gasteiger charge is -2.31. The first-order chi connectivity index (χ1) is 8.66. The molecule has 2 unspecified atom stereocenters. The highest BCUT2D eigenvalue weighted by Crippen LogP contribution is 2.35. The molecule has 2 rings (SSSR count). The lowest BCUT2D eigenvalue weighted by atomic mass is 9.96. The summed E-state index contributed by atoms with van der Waals surface area (Å²) < 4.78 is 5.50. The number of β-amino-alcohol motifs (C(OH)–C–C–N with tert-alkyl or cyclic N) is 1. The van der Waals surface area contributed by atoms with Crippen LogP contribution in [-0.4, -0.2) is 48.0 Å². The van der Waals surface area contributed by atoms with E-state index >= 15 is 0 Å². The van der Waals surface area contributed by atoms with Crippen LogP contribution in [-0.2, 0) is 4.74 Å². The highest BCUT2D eigenvalue weighted by Gasteiger charge is 2.33. The van der Waals surface area contributed by atoms with Crippen LogP contribution in [0, 0.1) is 5.92 Å². The van der Waals surface area contributed by atoms with E-state index in [4.69, 9.17) is 4.74 Å². The maximum atomic E-state index is 10.1. The Morgan fingerprint density at radius 3 is 2.56 bits per heavy atom. The molecule has 0 aromatic heterocycles. The van der Waals surface area contributed by atoms with Crippen molar-refractivity contribution < 1.29 is 9.84 Å². The third kappa shape index (κ3) is 3.94. The SMILES string of the molecule is CC(C)OCC(O)CN1CCCC1C1CCCC1. The van der Waals surface area contributed by atoms with Gasteiger partial charge < -0.3 is 9.84 Å². The van der Waals surface area contributed by atoms with Gasteiger partial charge in [-0.1, -0.05) is 12.8 Å². The minimum Gasteiger partial charge on any atom is -0.389 e. The predicted octanol–water partition coefficient (Wildman–Crippen LogP) is 2.43. The summed E-state index contributed by atoms with van der Waals surface area (Å²) in [4.78, 5) is 2.52. The Balaban J connectivity index is 1.76. The van der Waals surface area contributed by atoms with Crippen molar-refractivity contribution in [3.05, 3.63) is 0 Å². The molecule has 0 aromatic rings. The Bertz CT molecular complexity index is 239. The van der Waals surface area contributed by atoms with Crippen molar-refractivity contribution in [2.24, 2.45) is 5.92 Å². The van der Waals surface area contributed by atoms with Gasteiger partial charge in [-0.2, -0.15) is 0 Å². The van der Waals surface area contributed by atoms with Gasteiger partial charge in [0.1, 0.15) is 0 Å². The van der Waals surface area contributed by atoms with Crippen LogP contribution < -0.4 is 0 Å². The standard InChI is InChI=1S/C15H29NO2/c1-12(2)18-11-14(17)10-16-9-5-8-15(16)13-6-3-4-7-13/h12-15,17H,3-11H2,1-2H3. The van der Waals surface area contributed by atoms with E-state index in [1.165, 1.54) is 45.1 Å². The number of hydrogen-bond donors (Lipinski definition) is 1. The molecule has 1 aliphatic heterocycles. The lowest BCUT2D eigenvalue weighted by Crippen LogP contribution is -2.41. The molecule has 3 heteroatoms. The molecule has 0 amide bonds. The molecule has 1 N–H and O–H groups in total. The lowest BCUT2D eigenvalue weighted by molar-refractivity contribution is -0.0128. The fourth-order valence-corrected chi connectivity index (χ4v) is 3.58. The Kier molecular flexibility index (Phi) is 5.46. The molecule has 1 saturated heterocycles. The molecule has 0 spiro atoms. The first kappa shape index (κ1) is 14.3. The van der Waals surface area contributed by atoms with E-state index in [-0.39, 0.29) is 12.2 Å². The second kappa shape index (κ2) is 6.88. The van der Waals surface area contributed by atoms with E-state index in [0.717, 1.165) is 18.5 Å². The van der Waals surface area contributed by atoms with E-state index < -0.39 is 0 Å². The molecule has 0 radical (unpaired) electrons. The van der Waals surface area contributed by atoms with Crippen molar-refractivity contribution in [3.8, 4) is 0 Å². The van der Waals surface area contributed by atoms with Gasteiger partial charge in [-0.25, -0.2) is 0 Å². The molecule has 2 atom stereocenters. The summed E-state index contributed by atoms with van der Waals surface area (Å²) in [5.74, 6) is 0.894. The van der Waals surface area contributed by atoms with Gasteiger partial charge in [0.25, 0.3) is 0 Å². The zero-order chi connectivity index (χ0) is 13.0. The summed E-state index contributed by atoms with van der Waals surface area (Å²) in [5, 5.41) is 10.1. The molecule has 2 fully saturated rings. The first-order valence-corrected chi connectivity index (χ1v) is 7.70. The number of likely N-dealkylation sites (tertiary alicyclic amines) is 1. The fraction of sp³-hybridized carbons (Fsp3) is 1.00. The number of rotatable bonds is 6. The maximum absolute atomic E-state index is 10.1. The second-order valence-electron chi connectivity index (χ2n) is 6.28. The number of hydrogen-bond acceptors (Lipinski definition) is 3. The second-order valence-corrected chi connectivity index (χ2v) is 6.28. The molecule has 0 bridgehead atoms. The Hall–Kier alpha value is -0.120. The Labute approximate surface area is 112 Å². The summed E-state index contributed by atoms with van der Waals surface area (Å²) in [6.07, 6.45) is 8.15. The third-order valence-electron chi connectivity index (χ3n) is 4.43. The number of ether oxygens (including phenoxy) is 1. The van der Waals surface area contributed by atoms with E-state index in [1.54, 1.807) is 0 Å². The summed E-state index contributed by atoms with van der Waals surface area (Å²) in [6.45, 7) is 6.48. The minimum absolute atomic E-state index is 0.212. The van der Waals surface area contributed by atoms with Gasteiger partial charge in [0, 0.05) is 12.6 Å². The zero-order valence-electron chi connectivity index (χ0n) is 12.0. The van der Waals surface area contributed by atoms with Crippen molar-refractivity contribution >= 4 is 0 Å². The zero-order valence-corrected chi connectivity index (χ0v) is 12.0. The first-order valence-electron chi connectivity index (χ1n) is 7.70. The third-order valence-corrected chi connectivity index (χ3v) is 4.43. The van der Waals surface area contributed by atoms with Crippen LogP contribution in [0.5, 0.6) is 0 Å². The van der Waals surface area contributed by atoms with Crippen molar-refractivity contribution in [2.75, 3.05) is 19.7 Å². The summed E-state index contributed by atoms with van der Waals surface area (Å²) in [7, 11) is 0.